The van der Waals surface area contributed by atoms with Crippen molar-refractivity contribution in [3.05, 3.63) is 24.3 Å². The van der Waals surface area contributed by atoms with Crippen molar-refractivity contribution in [3.8, 4) is 5.75 Å². The Hall–Kier alpha value is -2.24. The summed E-state index contributed by atoms with van der Waals surface area (Å²) in [5.41, 5.74) is 2.94. The number of azo groups is 1. The van der Waals surface area contributed by atoms with Gasteiger partial charge in [-0.15, -0.1) is 0 Å². The van der Waals surface area contributed by atoms with Crippen LogP contribution in [0.4, 0.5) is 5.69 Å². The average molecular weight is 218 g/mol. The molecule has 1 N–H and O–H groups in total. The summed E-state index contributed by atoms with van der Waals surface area (Å²) in [6.07, 6.45) is 1.41. The average Bonchev–Trinajstić information content (AvgIpc) is 2.73. The van der Waals surface area contributed by atoms with Crippen LogP contribution in [0.25, 0.3) is 0 Å². The zero-order valence-electron chi connectivity index (χ0n) is 8.62. The standard InChI is InChI=1S/C10H10N4O2/c1-16-8-4-2-7(3-5-8)12-13-9-6-11-14-10(9)15/h2-6,9H,1H3,(H,14,15). The van der Waals surface area contributed by atoms with E-state index in [1.807, 2.05) is 0 Å². The Morgan fingerprint density at radius 3 is 2.69 bits per heavy atom. The summed E-state index contributed by atoms with van der Waals surface area (Å²) in [5.74, 6) is 0.483. The van der Waals surface area contributed by atoms with E-state index in [0.29, 0.717) is 5.69 Å². The molecule has 0 radical (unpaired) electrons. The number of hydrogen-bond donors (Lipinski definition) is 1. The minimum absolute atomic E-state index is 0.266. The first-order valence-corrected chi connectivity index (χ1v) is 4.67. The molecule has 1 unspecified atom stereocenters. The molecule has 1 aliphatic heterocycles. The number of amides is 1. The lowest BCUT2D eigenvalue weighted by molar-refractivity contribution is -0.120. The molecule has 6 nitrogen and oxygen atoms in total. The number of nitrogens with one attached hydrogen (secondary N) is 1. The molecular formula is C10H10N4O2. The van der Waals surface area contributed by atoms with Gasteiger partial charge in [-0.25, -0.2) is 5.43 Å². The molecule has 0 bridgehead atoms. The molecule has 16 heavy (non-hydrogen) atoms. The first-order valence-electron chi connectivity index (χ1n) is 4.67. The molecule has 1 amide bonds. The topological polar surface area (TPSA) is 75.4 Å². The normalized spacial score (nSPS) is 19.1. The molecule has 0 fully saturated rings. The summed E-state index contributed by atoms with van der Waals surface area (Å²) < 4.78 is 5.01. The first-order chi connectivity index (χ1) is 7.79. The quantitative estimate of drug-likeness (QED) is 0.775. The number of hydrazone groups is 1. The van der Waals surface area contributed by atoms with Crippen molar-refractivity contribution in [1.82, 2.24) is 5.43 Å². The van der Waals surface area contributed by atoms with Crippen molar-refractivity contribution in [2.75, 3.05) is 7.11 Å². The molecule has 1 aliphatic rings. The minimum atomic E-state index is -0.623. The summed E-state index contributed by atoms with van der Waals surface area (Å²) in [6, 6.07) is 6.44. The highest BCUT2D eigenvalue weighted by Gasteiger charge is 2.19. The molecule has 0 saturated heterocycles. The van der Waals surface area contributed by atoms with Crippen LogP contribution in [-0.2, 0) is 4.79 Å². The summed E-state index contributed by atoms with van der Waals surface area (Å²) in [6.45, 7) is 0. The number of carbonyl (C=O) groups excluding carboxylic acids is 1. The highest BCUT2D eigenvalue weighted by atomic mass is 16.5. The molecular weight excluding hydrogens is 208 g/mol. The molecule has 2 rings (SSSR count). The largest absolute Gasteiger partial charge is 0.497 e. The van der Waals surface area contributed by atoms with Crippen molar-refractivity contribution in [1.29, 1.82) is 0 Å². The Bertz CT molecular complexity index is 439. The third-order valence-corrected chi connectivity index (χ3v) is 2.03. The minimum Gasteiger partial charge on any atom is -0.497 e. The van der Waals surface area contributed by atoms with Gasteiger partial charge in [0.15, 0.2) is 6.04 Å². The smallest absolute Gasteiger partial charge is 0.272 e. The summed E-state index contributed by atoms with van der Waals surface area (Å²) >= 11 is 0. The molecule has 0 aliphatic carbocycles. The Morgan fingerprint density at radius 2 is 2.12 bits per heavy atom. The van der Waals surface area contributed by atoms with Gasteiger partial charge in [0.1, 0.15) is 5.75 Å². The van der Waals surface area contributed by atoms with Gasteiger partial charge >= 0.3 is 0 Å². The molecule has 1 aromatic rings. The van der Waals surface area contributed by atoms with Gasteiger partial charge in [-0.05, 0) is 24.3 Å². The fraction of sp³-hybridized carbons (Fsp3) is 0.200. The van der Waals surface area contributed by atoms with Crippen LogP contribution >= 0.6 is 0 Å². The van der Waals surface area contributed by atoms with Crippen molar-refractivity contribution in [2.45, 2.75) is 6.04 Å². The van der Waals surface area contributed by atoms with Gasteiger partial charge in [-0.3, -0.25) is 4.79 Å². The fourth-order valence-corrected chi connectivity index (χ4v) is 1.17. The van der Waals surface area contributed by atoms with E-state index in [2.05, 4.69) is 20.8 Å². The van der Waals surface area contributed by atoms with Crippen LogP contribution in [0.15, 0.2) is 39.6 Å². The summed E-state index contributed by atoms with van der Waals surface area (Å²) in [4.78, 5) is 11.1. The molecule has 0 saturated carbocycles. The monoisotopic (exact) mass is 218 g/mol. The zero-order chi connectivity index (χ0) is 11.4. The summed E-state index contributed by atoms with van der Waals surface area (Å²) in [5, 5.41) is 11.4. The molecule has 1 aromatic carbocycles. The fourth-order valence-electron chi connectivity index (χ4n) is 1.17. The van der Waals surface area contributed by atoms with E-state index in [0.717, 1.165) is 5.75 Å². The Labute approximate surface area is 92.0 Å². The Balaban J connectivity index is 2.05. The van der Waals surface area contributed by atoms with Crippen molar-refractivity contribution >= 4 is 17.8 Å². The molecule has 1 atom stereocenters. The van der Waals surface area contributed by atoms with Crippen LogP contribution in [0.5, 0.6) is 5.75 Å². The van der Waals surface area contributed by atoms with Crippen LogP contribution in [0.2, 0.25) is 0 Å². The first kappa shape index (κ1) is 10.3. The van der Waals surface area contributed by atoms with E-state index in [9.17, 15) is 4.79 Å². The molecule has 6 heteroatoms. The molecule has 1 heterocycles. The number of nitrogens with zero attached hydrogens (tertiary/aromatic N) is 3. The van der Waals surface area contributed by atoms with Crippen LogP contribution in [0.1, 0.15) is 0 Å². The van der Waals surface area contributed by atoms with E-state index in [1.165, 1.54) is 6.21 Å². The number of carbonyl (C=O) groups is 1. The maximum atomic E-state index is 11.1. The van der Waals surface area contributed by atoms with E-state index >= 15 is 0 Å². The lowest BCUT2D eigenvalue weighted by atomic mass is 10.3. The van der Waals surface area contributed by atoms with Gasteiger partial charge in [0.25, 0.3) is 5.91 Å². The van der Waals surface area contributed by atoms with Gasteiger partial charge < -0.3 is 4.74 Å². The lowest BCUT2D eigenvalue weighted by Crippen LogP contribution is -2.22. The number of methoxy groups -OCH3 is 1. The summed E-state index contributed by atoms with van der Waals surface area (Å²) in [7, 11) is 1.59. The highest BCUT2D eigenvalue weighted by molar-refractivity contribution is 6.01. The second-order valence-corrected chi connectivity index (χ2v) is 3.11. The third-order valence-electron chi connectivity index (χ3n) is 2.03. The second kappa shape index (κ2) is 4.52. The number of benzene rings is 1. The third kappa shape index (κ3) is 2.22. The highest BCUT2D eigenvalue weighted by Crippen LogP contribution is 2.18. The van der Waals surface area contributed by atoms with Crippen LogP contribution in [0.3, 0.4) is 0 Å². The van der Waals surface area contributed by atoms with Gasteiger partial charge in [-0.2, -0.15) is 15.3 Å². The number of ether oxygens (including phenoxy) is 1. The van der Waals surface area contributed by atoms with E-state index < -0.39 is 6.04 Å². The molecule has 0 spiro atoms. The maximum absolute atomic E-state index is 11.1. The van der Waals surface area contributed by atoms with Gasteiger partial charge in [0, 0.05) is 0 Å². The van der Waals surface area contributed by atoms with E-state index in [1.54, 1.807) is 31.4 Å². The van der Waals surface area contributed by atoms with Crippen LogP contribution in [-0.4, -0.2) is 25.3 Å². The maximum Gasteiger partial charge on any atom is 0.272 e. The van der Waals surface area contributed by atoms with Gasteiger partial charge in [-0.1, -0.05) is 0 Å². The molecule has 0 aromatic heterocycles. The number of hydrogen-bond acceptors (Lipinski definition) is 5. The predicted octanol–water partition coefficient (Wildman–Crippen LogP) is 1.26. The zero-order valence-corrected chi connectivity index (χ0v) is 8.62. The van der Waals surface area contributed by atoms with E-state index in [-0.39, 0.29) is 5.91 Å². The van der Waals surface area contributed by atoms with Crippen molar-refractivity contribution < 1.29 is 9.53 Å². The Kier molecular flexibility index (Phi) is 2.90. The van der Waals surface area contributed by atoms with Crippen LogP contribution < -0.4 is 10.2 Å². The second-order valence-electron chi connectivity index (χ2n) is 3.11. The predicted molar refractivity (Wildman–Crippen MR) is 57.9 cm³/mol. The van der Waals surface area contributed by atoms with Crippen molar-refractivity contribution in [2.24, 2.45) is 15.3 Å². The van der Waals surface area contributed by atoms with Crippen molar-refractivity contribution in [3.63, 3.8) is 0 Å². The van der Waals surface area contributed by atoms with Gasteiger partial charge in [0.05, 0.1) is 19.0 Å². The van der Waals surface area contributed by atoms with E-state index in [4.69, 9.17) is 4.74 Å². The van der Waals surface area contributed by atoms with Gasteiger partial charge in [0.2, 0.25) is 0 Å². The SMILES string of the molecule is COc1ccc(N=NC2C=NNC2=O)cc1. The number of rotatable bonds is 3. The van der Waals surface area contributed by atoms with Crippen LogP contribution in [0, 0.1) is 0 Å². The lowest BCUT2D eigenvalue weighted by Gasteiger charge is -1.98. The molecule has 82 valence electrons. The Morgan fingerprint density at radius 1 is 1.38 bits per heavy atom.